The van der Waals surface area contributed by atoms with Crippen molar-refractivity contribution in [2.75, 3.05) is 9.44 Å². The number of anilines is 2. The smallest absolute Gasteiger partial charge is 0.261 e. The van der Waals surface area contributed by atoms with Crippen LogP contribution in [0.5, 0.6) is 0 Å². The molecule has 1 atom stereocenters. The monoisotopic (exact) mass is 889 g/mol. The largest absolute Gasteiger partial charge is 0.619 e. The number of carbonyl (C=O) groups is 1. The Morgan fingerprint density at radius 3 is 1.45 bits per heavy atom. The summed E-state index contributed by atoms with van der Waals surface area (Å²) in [5, 5.41) is 23.2. The highest BCUT2D eigenvalue weighted by molar-refractivity contribution is 7.93. The highest BCUT2D eigenvalue weighted by Gasteiger charge is 2.24. The zero-order valence-corrected chi connectivity index (χ0v) is 36.8. The predicted octanol–water partition coefficient (Wildman–Crippen LogP) is 8.42. The van der Waals surface area contributed by atoms with Crippen LogP contribution in [0.2, 0.25) is 10.0 Å². The second-order valence-electron chi connectivity index (χ2n) is 15.9. The lowest BCUT2D eigenvalue weighted by molar-refractivity contribution is -0.605. The summed E-state index contributed by atoms with van der Waals surface area (Å²) >= 11 is 12.2. The van der Waals surface area contributed by atoms with Gasteiger partial charge < -0.3 is 16.1 Å². The van der Waals surface area contributed by atoms with Crippen LogP contribution in [0.4, 0.5) is 11.4 Å². The molecular weight excluding hydrogens is 846 g/mol. The number of benzene rings is 4. The van der Waals surface area contributed by atoms with Crippen LogP contribution in [0.25, 0.3) is 0 Å². The normalized spacial score (nSPS) is 12.5. The Hall–Kier alpha value is -5.51. The van der Waals surface area contributed by atoms with E-state index in [9.17, 15) is 32.0 Å². The Bertz CT molecular complexity index is 2700. The van der Waals surface area contributed by atoms with Crippen LogP contribution in [-0.2, 0) is 30.9 Å². The number of ketones is 1. The Kier molecular flexibility index (Phi) is 13.7. The van der Waals surface area contributed by atoms with E-state index in [1.165, 1.54) is 67.3 Å². The molecule has 0 fully saturated rings. The van der Waals surface area contributed by atoms with Crippen molar-refractivity contribution in [3.63, 3.8) is 0 Å². The molecule has 0 aliphatic rings. The molecule has 0 aliphatic carbocycles. The minimum Gasteiger partial charge on any atom is -0.619 e. The first-order chi connectivity index (χ1) is 27.9. The number of nitrogens with two attached hydrogens (primary N) is 1. The minimum absolute atomic E-state index is 0.0796. The summed E-state index contributed by atoms with van der Waals surface area (Å²) in [6.45, 7) is 12.3. The zero-order valence-electron chi connectivity index (χ0n) is 33.7. The van der Waals surface area contributed by atoms with Gasteiger partial charge in [-0.2, -0.15) is 9.46 Å². The van der Waals surface area contributed by atoms with Crippen LogP contribution in [0, 0.1) is 10.4 Å². The van der Waals surface area contributed by atoms with Crippen molar-refractivity contribution in [1.29, 1.82) is 0 Å². The van der Waals surface area contributed by atoms with Gasteiger partial charge in [-0.05, 0) is 93.7 Å². The van der Waals surface area contributed by atoms with Crippen LogP contribution in [0.1, 0.15) is 85.8 Å². The van der Waals surface area contributed by atoms with Crippen molar-refractivity contribution >= 4 is 60.4 Å². The zero-order chi connectivity index (χ0) is 44.2. The summed E-state index contributed by atoms with van der Waals surface area (Å²) < 4.78 is 58.1. The van der Waals surface area contributed by atoms with Crippen molar-refractivity contribution in [1.82, 2.24) is 0 Å². The number of aromatic nitrogens is 2. The molecule has 314 valence electrons. The predicted molar refractivity (Wildman–Crippen MR) is 235 cm³/mol. The maximum Gasteiger partial charge on any atom is 0.261 e. The third kappa shape index (κ3) is 11.4. The average molecular weight is 891 g/mol. The van der Waals surface area contributed by atoms with Gasteiger partial charge in [-0.25, -0.2) is 16.8 Å². The fraction of sp³-hybridized carbons (Fsp3) is 0.205. The van der Waals surface area contributed by atoms with Crippen molar-refractivity contribution in [2.45, 2.75) is 68.2 Å². The van der Waals surface area contributed by atoms with Gasteiger partial charge in [-0.15, -0.1) is 0 Å². The number of rotatable bonds is 10. The van der Waals surface area contributed by atoms with Crippen LogP contribution in [-0.4, -0.2) is 22.6 Å². The first kappa shape index (κ1) is 45.6. The second kappa shape index (κ2) is 18.0. The van der Waals surface area contributed by atoms with Crippen molar-refractivity contribution in [3.8, 4) is 0 Å². The standard InChI is InChI=1S/C22H24ClN3O3S.C22H21ClN2O4S/c1-22(2,3)16-4-7-18(8-5-16)30(28,29)25-20-9-6-17(23)14-19(20)21(24)15-10-12-26(27)13-11-15;1-22(2,3)16-4-7-18(8-5-16)30(28,29)24-20-9-6-17(23)14-19(20)21(26)15-10-12-25(27)13-11-15/h4-14,21,25H,24H2,1-3H3;4-14,24H,1-3H3. The van der Waals surface area contributed by atoms with E-state index in [0.717, 1.165) is 11.1 Å². The van der Waals surface area contributed by atoms with Crippen molar-refractivity contribution in [2.24, 2.45) is 5.73 Å². The summed E-state index contributed by atoms with van der Waals surface area (Å²) in [6, 6.07) is 27.7. The topological polar surface area (TPSA) is 189 Å². The van der Waals surface area contributed by atoms with Gasteiger partial charge in [0, 0.05) is 45.4 Å². The van der Waals surface area contributed by atoms with Gasteiger partial charge in [-0.3, -0.25) is 14.2 Å². The third-order valence-corrected chi connectivity index (χ3v) is 12.6. The van der Waals surface area contributed by atoms with Gasteiger partial charge in [0.15, 0.2) is 30.6 Å². The molecule has 2 aromatic heterocycles. The number of pyridine rings is 2. The highest BCUT2D eigenvalue weighted by atomic mass is 35.5. The minimum atomic E-state index is -3.93. The SMILES string of the molecule is CC(C)(C)c1ccc(S(=O)(=O)Nc2ccc(Cl)cc2C(=O)c2cc[n+]([O-])cc2)cc1.CC(C)(C)c1ccc(S(=O)(=O)Nc2ccc(Cl)cc2C(N)c2cc[n+]([O-])cc2)cc1. The van der Waals surface area contributed by atoms with Crippen LogP contribution >= 0.6 is 23.2 Å². The van der Waals surface area contributed by atoms with Gasteiger partial charge in [0.2, 0.25) is 0 Å². The van der Waals surface area contributed by atoms with Crippen molar-refractivity contribution in [3.05, 3.63) is 188 Å². The number of hydrogen-bond donors (Lipinski definition) is 3. The number of halogens is 2. The molecule has 4 N–H and O–H groups in total. The fourth-order valence-electron chi connectivity index (χ4n) is 5.88. The number of hydrogen-bond acceptors (Lipinski definition) is 8. The maximum atomic E-state index is 13.0. The van der Waals surface area contributed by atoms with E-state index in [1.807, 2.05) is 32.9 Å². The van der Waals surface area contributed by atoms with Crippen LogP contribution < -0.4 is 24.6 Å². The lowest BCUT2D eigenvalue weighted by atomic mass is 9.87. The Morgan fingerprint density at radius 1 is 0.600 bits per heavy atom. The average Bonchev–Trinajstić information content (AvgIpc) is 3.19. The second-order valence-corrected chi connectivity index (χ2v) is 20.2. The van der Waals surface area contributed by atoms with Crippen LogP contribution in [0.3, 0.4) is 0 Å². The maximum absolute atomic E-state index is 13.0. The molecule has 0 spiro atoms. The molecule has 0 saturated carbocycles. The van der Waals surface area contributed by atoms with E-state index in [4.69, 9.17) is 28.9 Å². The molecule has 0 saturated heterocycles. The van der Waals surface area contributed by atoms with E-state index in [-0.39, 0.29) is 42.5 Å². The molecule has 2 heterocycles. The number of nitrogens with zero attached hydrogens (tertiary/aromatic N) is 2. The van der Waals surface area contributed by atoms with Crippen molar-refractivity contribution < 1.29 is 31.1 Å². The molecule has 6 aromatic rings. The molecule has 0 amide bonds. The number of carbonyl (C=O) groups excluding carboxylic acids is 1. The molecule has 6 rings (SSSR count). The lowest BCUT2D eigenvalue weighted by Crippen LogP contribution is -2.25. The lowest BCUT2D eigenvalue weighted by Gasteiger charge is -2.20. The summed E-state index contributed by atoms with van der Waals surface area (Å²) in [7, 11) is -7.77. The summed E-state index contributed by atoms with van der Waals surface area (Å²) in [6.07, 6.45) is 5.05. The van der Waals surface area contributed by atoms with Gasteiger partial charge in [0.05, 0.1) is 27.2 Å². The van der Waals surface area contributed by atoms with E-state index in [1.54, 1.807) is 54.6 Å². The fourth-order valence-corrected chi connectivity index (χ4v) is 8.40. The van der Waals surface area contributed by atoms with Gasteiger partial charge in [0.1, 0.15) is 0 Å². The Labute approximate surface area is 360 Å². The Morgan fingerprint density at radius 2 is 1.00 bits per heavy atom. The molecule has 60 heavy (non-hydrogen) atoms. The van der Waals surface area contributed by atoms with Crippen LogP contribution in [0.15, 0.2) is 144 Å². The first-order valence-electron chi connectivity index (χ1n) is 18.5. The quantitative estimate of drug-likeness (QED) is 0.0694. The molecule has 0 aliphatic heterocycles. The van der Waals surface area contributed by atoms with E-state index in [0.29, 0.717) is 31.3 Å². The third-order valence-electron chi connectivity index (χ3n) is 9.38. The van der Waals surface area contributed by atoms with E-state index < -0.39 is 31.9 Å². The highest BCUT2D eigenvalue weighted by Crippen LogP contribution is 2.32. The van der Waals surface area contributed by atoms with Gasteiger partial charge in [0.25, 0.3) is 20.0 Å². The number of sulfonamides is 2. The molecule has 4 aromatic carbocycles. The molecule has 0 radical (unpaired) electrons. The first-order valence-corrected chi connectivity index (χ1v) is 22.2. The molecular formula is C44H45Cl2N5O7S2. The van der Waals surface area contributed by atoms with Gasteiger partial charge in [-0.1, -0.05) is 89.0 Å². The molecule has 12 nitrogen and oxygen atoms in total. The summed E-state index contributed by atoms with van der Waals surface area (Å²) in [4.78, 5) is 13.1. The summed E-state index contributed by atoms with van der Waals surface area (Å²) in [5.74, 6) is -0.459. The molecule has 16 heteroatoms. The molecule has 1 unspecified atom stereocenters. The molecule has 0 bridgehead atoms. The van der Waals surface area contributed by atoms with E-state index >= 15 is 0 Å². The van der Waals surface area contributed by atoms with E-state index in [2.05, 4.69) is 30.2 Å². The summed E-state index contributed by atoms with van der Waals surface area (Å²) in [5.41, 5.74) is 10.1. The van der Waals surface area contributed by atoms with Gasteiger partial charge >= 0.3 is 0 Å². The number of nitrogens with one attached hydrogen (secondary N) is 2. The Balaban J connectivity index is 0.000000228.